The van der Waals surface area contributed by atoms with Gasteiger partial charge in [-0.1, -0.05) is 57.6 Å². The second-order valence-corrected chi connectivity index (χ2v) is 5.62. The van der Waals surface area contributed by atoms with Gasteiger partial charge in [0.2, 0.25) is 5.91 Å². The minimum Gasteiger partial charge on any atom is -0.507 e. The van der Waals surface area contributed by atoms with E-state index in [1.54, 1.807) is 25.1 Å². The van der Waals surface area contributed by atoms with Crippen molar-refractivity contribution < 1.29 is 9.90 Å². The predicted molar refractivity (Wildman–Crippen MR) is 91.1 cm³/mol. The average molecular weight is 304 g/mol. The molecule has 0 aromatic heterocycles. The fourth-order valence-corrected chi connectivity index (χ4v) is 2.28. The molecular weight excluding hydrogens is 276 g/mol. The maximum Gasteiger partial charge on any atom is 0.240 e. The SMILES string of the molecule is CCCCCCCCCC(=O)NN=C(C)c1ccccc1O. The number of aromatic hydroxyl groups is 1. The molecule has 0 fully saturated rings. The number of phenolic OH excluding ortho intramolecular Hbond substituents is 1. The normalized spacial score (nSPS) is 11.5. The van der Waals surface area contributed by atoms with Gasteiger partial charge in [0.1, 0.15) is 5.75 Å². The van der Waals surface area contributed by atoms with Crippen molar-refractivity contribution in [2.75, 3.05) is 0 Å². The van der Waals surface area contributed by atoms with E-state index in [4.69, 9.17) is 0 Å². The number of hydrazone groups is 1. The Bertz CT molecular complexity index is 484. The molecule has 0 unspecified atom stereocenters. The van der Waals surface area contributed by atoms with Crippen molar-refractivity contribution in [2.45, 2.75) is 65.2 Å². The topological polar surface area (TPSA) is 61.7 Å². The number of hydrogen-bond acceptors (Lipinski definition) is 3. The Morgan fingerprint density at radius 2 is 1.73 bits per heavy atom. The zero-order valence-corrected chi connectivity index (χ0v) is 13.8. The van der Waals surface area contributed by atoms with Gasteiger partial charge in [-0.2, -0.15) is 5.10 Å². The Balaban J connectivity index is 2.22. The van der Waals surface area contributed by atoms with Crippen LogP contribution in [-0.2, 0) is 4.79 Å². The lowest BCUT2D eigenvalue weighted by Crippen LogP contribution is -2.18. The standard InChI is InChI=1S/C18H28N2O2/c1-3-4-5-6-7-8-9-14-18(22)20-19-15(2)16-12-10-11-13-17(16)21/h10-13,21H,3-9,14H2,1-2H3,(H,20,22). The van der Waals surface area contributed by atoms with E-state index in [0.29, 0.717) is 17.7 Å². The number of carbonyl (C=O) groups is 1. The van der Waals surface area contributed by atoms with E-state index in [1.807, 2.05) is 6.07 Å². The van der Waals surface area contributed by atoms with E-state index in [2.05, 4.69) is 17.5 Å². The molecule has 1 aromatic carbocycles. The Hall–Kier alpha value is -1.84. The fourth-order valence-electron chi connectivity index (χ4n) is 2.28. The van der Waals surface area contributed by atoms with Crippen LogP contribution in [0.15, 0.2) is 29.4 Å². The third-order valence-electron chi connectivity index (χ3n) is 3.65. The van der Waals surface area contributed by atoms with Gasteiger partial charge in [-0.15, -0.1) is 0 Å². The number of nitrogens with zero attached hydrogens (tertiary/aromatic N) is 1. The number of amides is 1. The Morgan fingerprint density at radius 1 is 1.09 bits per heavy atom. The van der Waals surface area contributed by atoms with Crippen LogP contribution in [0, 0.1) is 0 Å². The first-order chi connectivity index (χ1) is 10.6. The van der Waals surface area contributed by atoms with Crippen LogP contribution in [-0.4, -0.2) is 16.7 Å². The lowest BCUT2D eigenvalue weighted by molar-refractivity contribution is -0.121. The maximum absolute atomic E-state index is 11.7. The summed E-state index contributed by atoms with van der Waals surface area (Å²) in [6.45, 7) is 3.98. The smallest absolute Gasteiger partial charge is 0.240 e. The first-order valence-electron chi connectivity index (χ1n) is 8.26. The molecule has 4 nitrogen and oxygen atoms in total. The summed E-state index contributed by atoms with van der Waals surface area (Å²) in [5.74, 6) is 0.105. The van der Waals surface area contributed by atoms with Crippen molar-refractivity contribution in [3.8, 4) is 5.75 Å². The highest BCUT2D eigenvalue weighted by atomic mass is 16.3. The van der Waals surface area contributed by atoms with E-state index >= 15 is 0 Å². The molecule has 0 heterocycles. The van der Waals surface area contributed by atoms with Crippen LogP contribution in [0.3, 0.4) is 0 Å². The number of carbonyl (C=O) groups excluding carboxylic acids is 1. The molecule has 1 aromatic rings. The van der Waals surface area contributed by atoms with Crippen LogP contribution in [0.25, 0.3) is 0 Å². The van der Waals surface area contributed by atoms with E-state index in [9.17, 15) is 9.90 Å². The summed E-state index contributed by atoms with van der Waals surface area (Å²) in [5, 5.41) is 13.8. The number of nitrogens with one attached hydrogen (secondary N) is 1. The molecule has 0 aliphatic carbocycles. The molecule has 2 N–H and O–H groups in total. The summed E-state index contributed by atoms with van der Waals surface area (Å²) in [7, 11) is 0. The largest absolute Gasteiger partial charge is 0.507 e. The number of unbranched alkanes of at least 4 members (excludes halogenated alkanes) is 6. The summed E-state index contributed by atoms with van der Waals surface area (Å²) in [5.41, 5.74) is 3.80. The highest BCUT2D eigenvalue weighted by molar-refractivity contribution is 6.01. The molecule has 0 bridgehead atoms. The maximum atomic E-state index is 11.7. The van der Waals surface area contributed by atoms with Gasteiger partial charge in [-0.25, -0.2) is 5.43 Å². The summed E-state index contributed by atoms with van der Waals surface area (Å²) in [6.07, 6.45) is 8.84. The summed E-state index contributed by atoms with van der Waals surface area (Å²) >= 11 is 0. The molecule has 0 aliphatic heterocycles. The Labute approximate surface area is 133 Å². The van der Waals surface area contributed by atoms with Gasteiger partial charge in [0.15, 0.2) is 0 Å². The summed E-state index contributed by atoms with van der Waals surface area (Å²) < 4.78 is 0. The molecule has 4 heteroatoms. The molecule has 0 saturated heterocycles. The Morgan fingerprint density at radius 3 is 2.41 bits per heavy atom. The fraction of sp³-hybridized carbons (Fsp3) is 0.556. The molecule has 1 amide bonds. The van der Waals surface area contributed by atoms with Crippen LogP contribution < -0.4 is 5.43 Å². The van der Waals surface area contributed by atoms with Crippen LogP contribution >= 0.6 is 0 Å². The molecule has 0 spiro atoms. The monoisotopic (exact) mass is 304 g/mol. The second-order valence-electron chi connectivity index (χ2n) is 5.62. The molecule has 22 heavy (non-hydrogen) atoms. The molecule has 122 valence electrons. The van der Waals surface area contributed by atoms with E-state index in [0.717, 1.165) is 12.8 Å². The van der Waals surface area contributed by atoms with Crippen molar-refractivity contribution >= 4 is 11.6 Å². The number of rotatable bonds is 10. The van der Waals surface area contributed by atoms with Gasteiger partial charge in [0.05, 0.1) is 5.71 Å². The summed E-state index contributed by atoms with van der Waals surface area (Å²) in [4.78, 5) is 11.7. The van der Waals surface area contributed by atoms with Crippen LogP contribution in [0.1, 0.15) is 70.8 Å². The third-order valence-corrected chi connectivity index (χ3v) is 3.65. The van der Waals surface area contributed by atoms with Gasteiger partial charge < -0.3 is 5.11 Å². The van der Waals surface area contributed by atoms with Gasteiger partial charge in [0, 0.05) is 12.0 Å². The molecule has 0 radical (unpaired) electrons. The first kappa shape index (κ1) is 18.2. The lowest BCUT2D eigenvalue weighted by Gasteiger charge is -2.05. The number of hydrogen-bond donors (Lipinski definition) is 2. The summed E-state index contributed by atoms with van der Waals surface area (Å²) in [6, 6.07) is 6.96. The van der Waals surface area contributed by atoms with Crippen molar-refractivity contribution in [2.24, 2.45) is 5.10 Å². The van der Waals surface area contributed by atoms with Gasteiger partial charge in [-0.05, 0) is 25.5 Å². The molecule has 0 aliphatic rings. The zero-order valence-electron chi connectivity index (χ0n) is 13.8. The van der Waals surface area contributed by atoms with Gasteiger partial charge in [0.25, 0.3) is 0 Å². The zero-order chi connectivity index (χ0) is 16.2. The second kappa shape index (κ2) is 10.8. The first-order valence-corrected chi connectivity index (χ1v) is 8.26. The van der Waals surface area contributed by atoms with E-state index in [1.165, 1.54) is 32.1 Å². The number of phenols is 1. The number of benzene rings is 1. The van der Waals surface area contributed by atoms with Gasteiger partial charge >= 0.3 is 0 Å². The van der Waals surface area contributed by atoms with Crippen LogP contribution in [0.2, 0.25) is 0 Å². The van der Waals surface area contributed by atoms with E-state index in [-0.39, 0.29) is 11.7 Å². The highest BCUT2D eigenvalue weighted by Crippen LogP contribution is 2.16. The van der Waals surface area contributed by atoms with Crippen LogP contribution in [0.5, 0.6) is 5.75 Å². The molecular formula is C18H28N2O2. The van der Waals surface area contributed by atoms with Crippen LogP contribution in [0.4, 0.5) is 0 Å². The van der Waals surface area contributed by atoms with Crippen molar-refractivity contribution in [1.82, 2.24) is 5.43 Å². The molecule has 0 saturated carbocycles. The average Bonchev–Trinajstić information content (AvgIpc) is 2.52. The van der Waals surface area contributed by atoms with Crippen molar-refractivity contribution in [3.05, 3.63) is 29.8 Å². The molecule has 0 atom stereocenters. The van der Waals surface area contributed by atoms with Crippen molar-refractivity contribution in [3.63, 3.8) is 0 Å². The molecule has 1 rings (SSSR count). The Kier molecular flexibility index (Phi) is 8.96. The third kappa shape index (κ3) is 7.25. The van der Waals surface area contributed by atoms with E-state index < -0.39 is 0 Å². The quantitative estimate of drug-likeness (QED) is 0.383. The van der Waals surface area contributed by atoms with Gasteiger partial charge in [-0.3, -0.25) is 4.79 Å². The predicted octanol–water partition coefficient (Wildman–Crippen LogP) is 4.37. The highest BCUT2D eigenvalue weighted by Gasteiger charge is 2.04. The lowest BCUT2D eigenvalue weighted by atomic mass is 10.1. The van der Waals surface area contributed by atoms with Crippen molar-refractivity contribution in [1.29, 1.82) is 0 Å². The number of para-hydroxylation sites is 1. The minimum atomic E-state index is -0.0664. The minimum absolute atomic E-state index is 0.0664.